The summed E-state index contributed by atoms with van der Waals surface area (Å²) in [6.45, 7) is 6.43. The standard InChI is InChI=1S/C16H24N2O2/c1-12-5-3-6-13(2)16(12)18-15(19)8-9-17-11-14-7-4-10-20-14/h3,5-6,14,17H,4,7-11H2,1-2H3,(H,18,19). The lowest BCUT2D eigenvalue weighted by atomic mass is 10.1. The predicted octanol–water partition coefficient (Wildman–Crippen LogP) is 2.40. The van der Waals surface area contributed by atoms with Crippen LogP contribution in [-0.4, -0.2) is 31.7 Å². The van der Waals surface area contributed by atoms with E-state index in [0.29, 0.717) is 19.1 Å². The summed E-state index contributed by atoms with van der Waals surface area (Å²) in [5, 5.41) is 6.28. The van der Waals surface area contributed by atoms with Crippen molar-refractivity contribution in [3.8, 4) is 0 Å². The highest BCUT2D eigenvalue weighted by Gasteiger charge is 2.14. The van der Waals surface area contributed by atoms with Gasteiger partial charge in [0.15, 0.2) is 0 Å². The first-order valence-electron chi connectivity index (χ1n) is 7.35. The number of amides is 1. The molecular formula is C16H24N2O2. The second kappa shape index (κ2) is 7.41. The maximum atomic E-state index is 11.9. The van der Waals surface area contributed by atoms with E-state index in [1.807, 2.05) is 32.0 Å². The molecule has 1 saturated heterocycles. The number of anilines is 1. The molecule has 1 heterocycles. The van der Waals surface area contributed by atoms with E-state index in [-0.39, 0.29) is 5.91 Å². The zero-order valence-corrected chi connectivity index (χ0v) is 12.4. The third-order valence-corrected chi connectivity index (χ3v) is 3.67. The lowest BCUT2D eigenvalue weighted by Gasteiger charge is -2.13. The molecule has 1 amide bonds. The van der Waals surface area contributed by atoms with Gasteiger partial charge in [-0.2, -0.15) is 0 Å². The number of carbonyl (C=O) groups excluding carboxylic acids is 1. The van der Waals surface area contributed by atoms with Gasteiger partial charge in [0.2, 0.25) is 5.91 Å². The molecule has 1 aliphatic rings. The fraction of sp³-hybridized carbons (Fsp3) is 0.562. The van der Waals surface area contributed by atoms with Crippen LogP contribution in [0, 0.1) is 13.8 Å². The van der Waals surface area contributed by atoms with Gasteiger partial charge in [0.25, 0.3) is 0 Å². The first-order chi connectivity index (χ1) is 9.66. The van der Waals surface area contributed by atoms with Crippen molar-refractivity contribution >= 4 is 11.6 Å². The Balaban J connectivity index is 1.69. The average molecular weight is 276 g/mol. The van der Waals surface area contributed by atoms with Crippen molar-refractivity contribution in [1.82, 2.24) is 5.32 Å². The van der Waals surface area contributed by atoms with Crippen LogP contribution in [-0.2, 0) is 9.53 Å². The third kappa shape index (κ3) is 4.32. The summed E-state index contributed by atoms with van der Waals surface area (Å²) >= 11 is 0. The van der Waals surface area contributed by atoms with Gasteiger partial charge in [-0.1, -0.05) is 18.2 Å². The maximum Gasteiger partial charge on any atom is 0.225 e. The van der Waals surface area contributed by atoms with Crippen LogP contribution in [0.4, 0.5) is 5.69 Å². The first kappa shape index (κ1) is 15.0. The SMILES string of the molecule is Cc1cccc(C)c1NC(=O)CCNCC1CCCO1. The van der Waals surface area contributed by atoms with Crippen LogP contribution in [0.15, 0.2) is 18.2 Å². The molecule has 0 aromatic heterocycles. The van der Waals surface area contributed by atoms with E-state index in [0.717, 1.165) is 42.8 Å². The highest BCUT2D eigenvalue weighted by atomic mass is 16.5. The van der Waals surface area contributed by atoms with E-state index in [1.54, 1.807) is 0 Å². The summed E-state index contributed by atoms with van der Waals surface area (Å²) in [5.74, 6) is 0.0576. The topological polar surface area (TPSA) is 50.4 Å². The highest BCUT2D eigenvalue weighted by Crippen LogP contribution is 2.19. The third-order valence-electron chi connectivity index (χ3n) is 3.67. The van der Waals surface area contributed by atoms with E-state index in [4.69, 9.17) is 4.74 Å². The number of aryl methyl sites for hydroxylation is 2. The molecule has 1 aromatic carbocycles. The number of ether oxygens (including phenoxy) is 1. The molecule has 110 valence electrons. The molecule has 0 aliphatic carbocycles. The Hall–Kier alpha value is -1.39. The second-order valence-electron chi connectivity index (χ2n) is 5.40. The Bertz CT molecular complexity index is 434. The number of hydrogen-bond donors (Lipinski definition) is 2. The van der Waals surface area contributed by atoms with E-state index in [2.05, 4.69) is 10.6 Å². The molecule has 4 nitrogen and oxygen atoms in total. The smallest absolute Gasteiger partial charge is 0.225 e. The van der Waals surface area contributed by atoms with Gasteiger partial charge in [-0.15, -0.1) is 0 Å². The van der Waals surface area contributed by atoms with Crippen molar-refractivity contribution in [3.63, 3.8) is 0 Å². The molecule has 0 saturated carbocycles. The van der Waals surface area contributed by atoms with Gasteiger partial charge in [-0.25, -0.2) is 0 Å². The summed E-state index contributed by atoms with van der Waals surface area (Å²) < 4.78 is 5.52. The summed E-state index contributed by atoms with van der Waals surface area (Å²) in [6, 6.07) is 6.03. The van der Waals surface area contributed by atoms with Crippen molar-refractivity contribution in [2.75, 3.05) is 25.0 Å². The Morgan fingerprint density at radius 2 is 2.10 bits per heavy atom. The fourth-order valence-corrected chi connectivity index (χ4v) is 2.48. The molecule has 0 radical (unpaired) electrons. The number of para-hydroxylation sites is 1. The minimum absolute atomic E-state index is 0.0576. The maximum absolute atomic E-state index is 11.9. The lowest BCUT2D eigenvalue weighted by molar-refractivity contribution is -0.116. The number of benzene rings is 1. The van der Waals surface area contributed by atoms with Crippen LogP contribution in [0.5, 0.6) is 0 Å². The molecule has 1 aliphatic heterocycles. The first-order valence-corrected chi connectivity index (χ1v) is 7.35. The van der Waals surface area contributed by atoms with Crippen LogP contribution in [0.3, 0.4) is 0 Å². The number of carbonyl (C=O) groups is 1. The summed E-state index contributed by atoms with van der Waals surface area (Å²) in [4.78, 5) is 11.9. The Kier molecular flexibility index (Phi) is 5.56. The lowest BCUT2D eigenvalue weighted by Crippen LogP contribution is -2.29. The highest BCUT2D eigenvalue weighted by molar-refractivity contribution is 5.92. The largest absolute Gasteiger partial charge is 0.377 e. The van der Waals surface area contributed by atoms with E-state index in [1.165, 1.54) is 0 Å². The van der Waals surface area contributed by atoms with Crippen LogP contribution in [0.1, 0.15) is 30.4 Å². The molecule has 1 aromatic rings. The predicted molar refractivity (Wildman–Crippen MR) is 81.0 cm³/mol. The Labute approximate surface area is 120 Å². The summed E-state index contributed by atoms with van der Waals surface area (Å²) in [7, 11) is 0. The molecule has 1 unspecified atom stereocenters. The van der Waals surface area contributed by atoms with Crippen molar-refractivity contribution in [3.05, 3.63) is 29.3 Å². The van der Waals surface area contributed by atoms with E-state index in [9.17, 15) is 4.79 Å². The van der Waals surface area contributed by atoms with Crippen molar-refractivity contribution < 1.29 is 9.53 Å². The van der Waals surface area contributed by atoms with Gasteiger partial charge in [0.1, 0.15) is 0 Å². The average Bonchev–Trinajstić information content (AvgIpc) is 2.92. The van der Waals surface area contributed by atoms with Gasteiger partial charge in [0.05, 0.1) is 6.10 Å². The normalized spacial score (nSPS) is 18.2. The molecule has 2 N–H and O–H groups in total. The summed E-state index contributed by atoms with van der Waals surface area (Å²) in [6.07, 6.45) is 3.10. The molecule has 20 heavy (non-hydrogen) atoms. The molecule has 0 spiro atoms. The van der Waals surface area contributed by atoms with E-state index >= 15 is 0 Å². The quantitative estimate of drug-likeness (QED) is 0.784. The van der Waals surface area contributed by atoms with Gasteiger partial charge < -0.3 is 15.4 Å². The zero-order valence-electron chi connectivity index (χ0n) is 12.4. The minimum Gasteiger partial charge on any atom is -0.377 e. The molecular weight excluding hydrogens is 252 g/mol. The second-order valence-corrected chi connectivity index (χ2v) is 5.40. The number of nitrogens with one attached hydrogen (secondary N) is 2. The van der Waals surface area contributed by atoms with Gasteiger partial charge in [-0.05, 0) is 37.8 Å². The van der Waals surface area contributed by atoms with Crippen molar-refractivity contribution in [2.24, 2.45) is 0 Å². The van der Waals surface area contributed by atoms with Crippen LogP contribution < -0.4 is 10.6 Å². The monoisotopic (exact) mass is 276 g/mol. The number of rotatable bonds is 6. The van der Waals surface area contributed by atoms with Gasteiger partial charge in [0, 0.05) is 31.8 Å². The molecule has 1 atom stereocenters. The van der Waals surface area contributed by atoms with Crippen molar-refractivity contribution in [1.29, 1.82) is 0 Å². The summed E-state index contributed by atoms with van der Waals surface area (Å²) in [5.41, 5.74) is 3.15. The zero-order chi connectivity index (χ0) is 14.4. The minimum atomic E-state index is 0.0576. The van der Waals surface area contributed by atoms with Crippen molar-refractivity contribution in [2.45, 2.75) is 39.2 Å². The molecule has 2 rings (SSSR count). The van der Waals surface area contributed by atoms with Gasteiger partial charge in [-0.3, -0.25) is 4.79 Å². The number of hydrogen-bond acceptors (Lipinski definition) is 3. The van der Waals surface area contributed by atoms with Gasteiger partial charge >= 0.3 is 0 Å². The molecule has 0 bridgehead atoms. The molecule has 1 fully saturated rings. The van der Waals surface area contributed by atoms with E-state index < -0.39 is 0 Å². The Morgan fingerprint density at radius 3 is 2.75 bits per heavy atom. The van der Waals surface area contributed by atoms with Crippen LogP contribution in [0.2, 0.25) is 0 Å². The fourth-order valence-electron chi connectivity index (χ4n) is 2.48. The Morgan fingerprint density at radius 1 is 1.35 bits per heavy atom. The molecule has 4 heteroatoms. The van der Waals surface area contributed by atoms with Crippen LogP contribution in [0.25, 0.3) is 0 Å². The van der Waals surface area contributed by atoms with Crippen LogP contribution >= 0.6 is 0 Å².